The second-order valence-electron chi connectivity index (χ2n) is 4.69. The van der Waals surface area contributed by atoms with E-state index in [-0.39, 0.29) is 11.1 Å². The number of nitrogens with zero attached hydrogens (tertiary/aromatic N) is 2. The molecule has 0 unspecified atom stereocenters. The quantitative estimate of drug-likeness (QED) is 0.497. The second-order valence-corrected chi connectivity index (χ2v) is 5.08. The molecule has 0 bridgehead atoms. The molecule has 22 heavy (non-hydrogen) atoms. The first-order valence-corrected chi connectivity index (χ1v) is 7.18. The van der Waals surface area contributed by atoms with E-state index in [1.165, 1.54) is 37.4 Å². The van der Waals surface area contributed by atoms with Crippen LogP contribution in [0, 0.1) is 5.92 Å². The lowest BCUT2D eigenvalue weighted by molar-refractivity contribution is 0.0967. The van der Waals surface area contributed by atoms with E-state index < -0.39 is 0 Å². The molecule has 118 valence electrons. The molecule has 6 heteroatoms. The molecular formula is C16H20ClN3O2. The molecule has 1 aliphatic carbocycles. The number of aliphatic imine (C=N–C) groups is 1. The van der Waals surface area contributed by atoms with Gasteiger partial charge in [-0.15, -0.1) is 0 Å². The maximum Gasteiger partial charge on any atom is 0.255 e. The summed E-state index contributed by atoms with van der Waals surface area (Å²) in [6.07, 6.45) is 7.12. The van der Waals surface area contributed by atoms with Gasteiger partial charge in [0.05, 0.1) is 5.70 Å². The van der Waals surface area contributed by atoms with Gasteiger partial charge in [0.25, 0.3) is 5.91 Å². The highest BCUT2D eigenvalue weighted by molar-refractivity contribution is 6.29. The lowest BCUT2D eigenvalue weighted by atomic mass is 10.2. The molecule has 0 atom stereocenters. The summed E-state index contributed by atoms with van der Waals surface area (Å²) in [7, 11) is 1.76. The summed E-state index contributed by atoms with van der Waals surface area (Å²) in [5.41, 5.74) is 0.879. The number of carbonyl (C=O) groups excluding carboxylic acids is 1. The fourth-order valence-electron chi connectivity index (χ4n) is 1.50. The second kappa shape index (κ2) is 9.87. The van der Waals surface area contributed by atoms with E-state index in [0.717, 1.165) is 12.5 Å². The van der Waals surface area contributed by atoms with Gasteiger partial charge in [-0.1, -0.05) is 18.2 Å². The smallest absolute Gasteiger partial charge is 0.255 e. The van der Waals surface area contributed by atoms with Gasteiger partial charge in [0.15, 0.2) is 0 Å². The van der Waals surface area contributed by atoms with Gasteiger partial charge in [-0.2, -0.15) is 0 Å². The third-order valence-corrected chi connectivity index (χ3v) is 3.00. The highest BCUT2D eigenvalue weighted by atomic mass is 35.5. The molecule has 1 fully saturated rings. The lowest BCUT2D eigenvalue weighted by Crippen LogP contribution is -2.21. The molecule has 0 saturated heterocycles. The van der Waals surface area contributed by atoms with Crippen molar-refractivity contribution in [1.29, 1.82) is 0 Å². The topological polar surface area (TPSA) is 63.6 Å². The van der Waals surface area contributed by atoms with E-state index in [1.54, 1.807) is 13.2 Å². The van der Waals surface area contributed by atoms with Crippen LogP contribution in [0.3, 0.4) is 0 Å². The van der Waals surface area contributed by atoms with Crippen LogP contribution in [-0.2, 0) is 4.74 Å². The number of carbonyl (C=O) groups is 1. The molecule has 1 aliphatic rings. The Morgan fingerprint density at radius 2 is 2.36 bits per heavy atom. The minimum absolute atomic E-state index is 0.263. The van der Waals surface area contributed by atoms with Gasteiger partial charge in [-0.3, -0.25) is 9.79 Å². The number of pyridine rings is 1. The summed E-state index contributed by atoms with van der Waals surface area (Å²) in [4.78, 5) is 19.0. The molecule has 5 nitrogen and oxygen atoms in total. The molecule has 0 aliphatic heterocycles. The average Bonchev–Trinajstić information content (AvgIpc) is 3.32. The monoisotopic (exact) mass is 321 g/mol. The normalized spacial score (nSPS) is 13.6. The van der Waals surface area contributed by atoms with Crippen molar-refractivity contribution < 1.29 is 9.53 Å². The van der Waals surface area contributed by atoms with E-state index in [4.69, 9.17) is 16.3 Å². The summed E-state index contributed by atoms with van der Waals surface area (Å²) < 4.78 is 4.87. The maximum absolute atomic E-state index is 11.7. The van der Waals surface area contributed by atoms with Crippen LogP contribution < -0.4 is 5.32 Å². The van der Waals surface area contributed by atoms with Crippen molar-refractivity contribution in [2.45, 2.75) is 12.8 Å². The Bertz CT molecular complexity index is 554. The van der Waals surface area contributed by atoms with Gasteiger partial charge in [-0.05, 0) is 43.7 Å². The number of aromatic nitrogens is 1. The van der Waals surface area contributed by atoms with Crippen LogP contribution >= 0.6 is 11.6 Å². The molecule has 1 heterocycles. The predicted molar refractivity (Wildman–Crippen MR) is 89.1 cm³/mol. The maximum atomic E-state index is 11.7. The summed E-state index contributed by atoms with van der Waals surface area (Å²) in [5, 5.41) is 2.86. The summed E-state index contributed by atoms with van der Waals surface area (Å²) in [6, 6.07) is 3.03. The first-order valence-electron chi connectivity index (χ1n) is 6.81. The fourth-order valence-corrected chi connectivity index (χ4v) is 1.68. The van der Waals surface area contributed by atoms with Crippen LogP contribution in [0.25, 0.3) is 0 Å². The van der Waals surface area contributed by atoms with Crippen LogP contribution in [0.1, 0.15) is 23.2 Å². The summed E-state index contributed by atoms with van der Waals surface area (Å²) in [6.45, 7) is 7.81. The van der Waals surface area contributed by atoms with Gasteiger partial charge < -0.3 is 10.1 Å². The molecule has 1 saturated carbocycles. The minimum Gasteiger partial charge on any atom is -0.384 e. The van der Waals surface area contributed by atoms with Crippen LogP contribution in [0.5, 0.6) is 0 Å². The van der Waals surface area contributed by atoms with Crippen molar-refractivity contribution >= 4 is 24.2 Å². The number of ether oxygens (including phenoxy) is 1. The number of methoxy groups -OCH3 is 1. The highest BCUT2D eigenvalue weighted by Gasteiger charge is 2.19. The number of amides is 1. The van der Waals surface area contributed by atoms with Gasteiger partial charge in [0.2, 0.25) is 0 Å². The molecule has 0 spiro atoms. The number of rotatable bonds is 6. The number of halogens is 1. The van der Waals surface area contributed by atoms with Crippen LogP contribution in [-0.4, -0.2) is 31.3 Å². The van der Waals surface area contributed by atoms with E-state index in [9.17, 15) is 4.79 Å². The van der Waals surface area contributed by atoms with Gasteiger partial charge in [0, 0.05) is 31.7 Å². The largest absolute Gasteiger partial charge is 0.384 e. The van der Waals surface area contributed by atoms with E-state index in [1.807, 2.05) is 0 Å². The molecule has 1 amide bonds. The van der Waals surface area contributed by atoms with Crippen molar-refractivity contribution in [2.24, 2.45) is 10.9 Å². The molecule has 1 aromatic heterocycles. The molecule has 2 rings (SSSR count). The Morgan fingerprint density at radius 1 is 1.64 bits per heavy atom. The number of allylic oxidation sites excluding steroid dienone is 1. The lowest BCUT2D eigenvalue weighted by Gasteiger charge is -2.04. The number of hydrogen-bond donors (Lipinski definition) is 1. The third-order valence-electron chi connectivity index (χ3n) is 2.80. The summed E-state index contributed by atoms with van der Waals surface area (Å²) >= 11 is 5.67. The average molecular weight is 322 g/mol. The molecule has 0 aromatic carbocycles. The zero-order chi connectivity index (χ0) is 16.4. The van der Waals surface area contributed by atoms with Crippen molar-refractivity contribution in [1.82, 2.24) is 10.3 Å². The Labute approximate surface area is 135 Å². The summed E-state index contributed by atoms with van der Waals surface area (Å²) in [5.74, 6) is 0.620. The molecule has 1 aromatic rings. The standard InChI is InChI=1S/C11H10ClN3O.C5H10O/c1-3-9(7-13-2)15-11(16)8-4-5-14-10(12)6-8;1-6-4-5-2-3-5/h3-7H,1-2H2,(H,15,16);5H,2-4H2,1H3/b9-7+;. The minimum atomic E-state index is -0.306. The van der Waals surface area contributed by atoms with Crippen molar-refractivity contribution in [3.63, 3.8) is 0 Å². The molecular weight excluding hydrogens is 302 g/mol. The van der Waals surface area contributed by atoms with Crippen LogP contribution in [0.15, 0.2) is 47.9 Å². The Morgan fingerprint density at radius 3 is 2.82 bits per heavy atom. The van der Waals surface area contributed by atoms with Crippen LogP contribution in [0.4, 0.5) is 0 Å². The third kappa shape index (κ3) is 7.15. The fraction of sp³-hybridized carbons (Fsp3) is 0.312. The van der Waals surface area contributed by atoms with Crippen molar-refractivity contribution in [2.75, 3.05) is 13.7 Å². The van der Waals surface area contributed by atoms with Gasteiger partial charge >= 0.3 is 0 Å². The Hall–Kier alpha value is -1.98. The van der Waals surface area contributed by atoms with Gasteiger partial charge in [0.1, 0.15) is 5.15 Å². The predicted octanol–water partition coefficient (Wildman–Crippen LogP) is 3.24. The first-order chi connectivity index (χ1) is 10.6. The number of nitrogens with one attached hydrogen (secondary N) is 1. The van der Waals surface area contributed by atoms with Gasteiger partial charge in [-0.25, -0.2) is 4.98 Å². The van der Waals surface area contributed by atoms with E-state index >= 15 is 0 Å². The van der Waals surface area contributed by atoms with E-state index in [0.29, 0.717) is 11.3 Å². The van der Waals surface area contributed by atoms with Crippen molar-refractivity contribution in [3.05, 3.63) is 53.6 Å². The van der Waals surface area contributed by atoms with E-state index in [2.05, 4.69) is 28.6 Å². The Balaban J connectivity index is 0.000000335. The number of hydrogen-bond acceptors (Lipinski definition) is 4. The van der Waals surface area contributed by atoms with Crippen molar-refractivity contribution in [3.8, 4) is 0 Å². The highest BCUT2D eigenvalue weighted by Crippen LogP contribution is 2.28. The first kappa shape index (κ1) is 18.1. The Kier molecular flexibility index (Phi) is 8.10. The SMILES string of the molecule is C=C/C(=C\N=C)NC(=O)c1ccnc(Cl)c1.COCC1CC1. The van der Waals surface area contributed by atoms with Crippen LogP contribution in [0.2, 0.25) is 5.15 Å². The molecule has 1 N–H and O–H groups in total. The molecule has 0 radical (unpaired) electrons. The zero-order valence-electron chi connectivity index (χ0n) is 12.6. The zero-order valence-corrected chi connectivity index (χ0v) is 13.3.